The highest BCUT2D eigenvalue weighted by atomic mass is 16.6. The first-order valence-corrected chi connectivity index (χ1v) is 8.73. The zero-order valence-corrected chi connectivity index (χ0v) is 15.9. The molecular weight excluding hydrogens is 352 g/mol. The number of ether oxygens (including phenoxy) is 2. The zero-order chi connectivity index (χ0) is 20.1. The number of nitrogens with one attached hydrogen (secondary N) is 1. The zero-order valence-electron chi connectivity index (χ0n) is 15.9. The third kappa shape index (κ3) is 6.47. The van der Waals surface area contributed by atoms with Crippen LogP contribution in [0.15, 0.2) is 30.3 Å². The summed E-state index contributed by atoms with van der Waals surface area (Å²) in [5, 5.41) is 11.8. The van der Waals surface area contributed by atoms with Crippen molar-refractivity contribution in [2.24, 2.45) is 5.41 Å². The van der Waals surface area contributed by atoms with Gasteiger partial charge in [0.1, 0.15) is 12.2 Å². The van der Waals surface area contributed by atoms with Crippen molar-refractivity contribution in [3.05, 3.63) is 35.9 Å². The number of aliphatic carboxylic acids is 1. The number of carboxylic acid groups (broad SMARTS) is 1. The molecule has 0 atom stereocenters. The van der Waals surface area contributed by atoms with Gasteiger partial charge >= 0.3 is 18.2 Å². The van der Waals surface area contributed by atoms with E-state index in [1.807, 2.05) is 30.3 Å². The molecule has 0 bridgehead atoms. The fraction of sp³-hybridized carbons (Fsp3) is 0.526. The van der Waals surface area contributed by atoms with Crippen molar-refractivity contribution in [2.45, 2.75) is 39.4 Å². The molecule has 0 saturated carbocycles. The Bertz CT molecular complexity index is 677. The van der Waals surface area contributed by atoms with Gasteiger partial charge in [0.25, 0.3) is 0 Å². The molecule has 1 aromatic rings. The first-order chi connectivity index (χ1) is 12.6. The normalized spacial score (nSPS) is 15.4. The highest BCUT2D eigenvalue weighted by Crippen LogP contribution is 2.34. The molecule has 0 unspecified atom stereocenters. The molecule has 1 aliphatic rings. The SMILES string of the molecule is CC(C)(C)OC(=O)N1CC(CNC(=O)OCc2ccccc2)(CC(=O)O)C1. The Morgan fingerprint density at radius 1 is 1.19 bits per heavy atom. The van der Waals surface area contributed by atoms with Crippen molar-refractivity contribution in [1.29, 1.82) is 0 Å². The number of likely N-dealkylation sites (tertiary alicyclic amines) is 1. The van der Waals surface area contributed by atoms with Crippen LogP contribution in [0.2, 0.25) is 0 Å². The van der Waals surface area contributed by atoms with Crippen LogP contribution < -0.4 is 5.32 Å². The summed E-state index contributed by atoms with van der Waals surface area (Å²) in [4.78, 5) is 36.6. The molecule has 0 radical (unpaired) electrons. The van der Waals surface area contributed by atoms with E-state index in [4.69, 9.17) is 14.6 Å². The number of hydrogen-bond donors (Lipinski definition) is 2. The summed E-state index contributed by atoms with van der Waals surface area (Å²) >= 11 is 0. The summed E-state index contributed by atoms with van der Waals surface area (Å²) in [6.07, 6.45) is -1.28. The molecule has 2 amide bonds. The standard InChI is InChI=1S/C19H26N2O6/c1-18(2,3)27-17(25)21-12-19(13-21,9-15(22)23)11-20-16(24)26-10-14-7-5-4-6-8-14/h4-8H,9-13H2,1-3H3,(H,20,24)(H,22,23). The minimum Gasteiger partial charge on any atom is -0.481 e. The summed E-state index contributed by atoms with van der Waals surface area (Å²) in [5.74, 6) is -0.988. The van der Waals surface area contributed by atoms with E-state index >= 15 is 0 Å². The van der Waals surface area contributed by atoms with E-state index in [2.05, 4.69) is 5.32 Å². The second kappa shape index (κ2) is 8.28. The number of benzene rings is 1. The molecule has 27 heavy (non-hydrogen) atoms. The van der Waals surface area contributed by atoms with Gasteiger partial charge < -0.3 is 24.8 Å². The number of amides is 2. The fourth-order valence-electron chi connectivity index (χ4n) is 2.86. The summed E-state index contributed by atoms with van der Waals surface area (Å²) in [7, 11) is 0. The Morgan fingerprint density at radius 2 is 1.81 bits per heavy atom. The van der Waals surface area contributed by atoms with E-state index in [1.165, 1.54) is 4.90 Å². The molecule has 0 aromatic heterocycles. The van der Waals surface area contributed by atoms with Gasteiger partial charge in [0, 0.05) is 25.0 Å². The summed E-state index contributed by atoms with van der Waals surface area (Å²) in [6, 6.07) is 9.23. The molecule has 1 saturated heterocycles. The van der Waals surface area contributed by atoms with Crippen LogP contribution in [0.3, 0.4) is 0 Å². The molecule has 1 aliphatic heterocycles. The number of alkyl carbamates (subject to hydrolysis) is 1. The minimum atomic E-state index is -0.988. The van der Waals surface area contributed by atoms with Gasteiger partial charge in [-0.25, -0.2) is 9.59 Å². The molecule has 1 fully saturated rings. The van der Waals surface area contributed by atoms with Crippen LogP contribution >= 0.6 is 0 Å². The quantitative estimate of drug-likeness (QED) is 0.788. The third-order valence-corrected chi connectivity index (χ3v) is 4.05. The molecule has 1 aromatic carbocycles. The van der Waals surface area contributed by atoms with Crippen LogP contribution in [0, 0.1) is 5.41 Å². The van der Waals surface area contributed by atoms with Crippen LogP contribution in [0.4, 0.5) is 9.59 Å². The van der Waals surface area contributed by atoms with Crippen LogP contribution in [-0.4, -0.2) is 53.4 Å². The highest BCUT2D eigenvalue weighted by Gasteiger charge is 2.48. The van der Waals surface area contributed by atoms with Crippen molar-refractivity contribution in [1.82, 2.24) is 10.2 Å². The first kappa shape index (κ1) is 20.5. The molecule has 148 valence electrons. The maximum Gasteiger partial charge on any atom is 0.410 e. The largest absolute Gasteiger partial charge is 0.481 e. The number of hydrogen-bond acceptors (Lipinski definition) is 5. The summed E-state index contributed by atoms with van der Waals surface area (Å²) < 4.78 is 10.4. The summed E-state index contributed by atoms with van der Waals surface area (Å²) in [6.45, 7) is 5.92. The maximum absolute atomic E-state index is 12.1. The second-order valence-corrected chi connectivity index (χ2v) is 7.82. The van der Waals surface area contributed by atoms with E-state index in [1.54, 1.807) is 20.8 Å². The molecule has 0 aliphatic carbocycles. The van der Waals surface area contributed by atoms with E-state index < -0.39 is 29.2 Å². The molecule has 1 heterocycles. The van der Waals surface area contributed by atoms with Crippen LogP contribution in [0.1, 0.15) is 32.8 Å². The maximum atomic E-state index is 12.1. The molecule has 2 rings (SSSR count). The van der Waals surface area contributed by atoms with Crippen LogP contribution in [0.25, 0.3) is 0 Å². The highest BCUT2D eigenvalue weighted by molar-refractivity contribution is 5.73. The Hall–Kier alpha value is -2.77. The average molecular weight is 378 g/mol. The topological polar surface area (TPSA) is 105 Å². The Morgan fingerprint density at radius 3 is 2.37 bits per heavy atom. The average Bonchev–Trinajstić information content (AvgIpc) is 2.53. The third-order valence-electron chi connectivity index (χ3n) is 4.05. The van der Waals surface area contributed by atoms with E-state index in [0.717, 1.165) is 5.56 Å². The van der Waals surface area contributed by atoms with Gasteiger partial charge in [-0.1, -0.05) is 30.3 Å². The lowest BCUT2D eigenvalue weighted by Crippen LogP contribution is -2.63. The summed E-state index contributed by atoms with van der Waals surface area (Å²) in [5.41, 5.74) is -0.497. The minimum absolute atomic E-state index is 0.103. The number of carbonyl (C=O) groups is 3. The predicted octanol–water partition coefficient (Wildman–Crippen LogP) is 2.62. The fourth-order valence-corrected chi connectivity index (χ4v) is 2.86. The van der Waals surface area contributed by atoms with Gasteiger partial charge in [0.2, 0.25) is 0 Å². The Kier molecular flexibility index (Phi) is 6.30. The van der Waals surface area contributed by atoms with E-state index in [0.29, 0.717) is 0 Å². The first-order valence-electron chi connectivity index (χ1n) is 8.73. The lowest BCUT2D eigenvalue weighted by Gasteiger charge is -2.49. The van der Waals surface area contributed by atoms with Crippen molar-refractivity contribution in [2.75, 3.05) is 19.6 Å². The molecule has 0 spiro atoms. The van der Waals surface area contributed by atoms with Crippen molar-refractivity contribution in [3.8, 4) is 0 Å². The van der Waals surface area contributed by atoms with Crippen molar-refractivity contribution in [3.63, 3.8) is 0 Å². The van der Waals surface area contributed by atoms with E-state index in [-0.39, 0.29) is 32.7 Å². The van der Waals surface area contributed by atoms with Gasteiger partial charge in [-0.05, 0) is 26.3 Å². The van der Waals surface area contributed by atoms with Gasteiger partial charge in [-0.2, -0.15) is 0 Å². The van der Waals surface area contributed by atoms with Gasteiger partial charge in [0.15, 0.2) is 0 Å². The van der Waals surface area contributed by atoms with E-state index in [9.17, 15) is 14.4 Å². The van der Waals surface area contributed by atoms with Crippen LogP contribution in [-0.2, 0) is 20.9 Å². The van der Waals surface area contributed by atoms with Gasteiger partial charge in [-0.3, -0.25) is 4.79 Å². The Labute approximate surface area is 158 Å². The molecular formula is C19H26N2O6. The monoisotopic (exact) mass is 378 g/mol. The van der Waals surface area contributed by atoms with Gasteiger partial charge in [0.05, 0.1) is 6.42 Å². The number of rotatable bonds is 6. The predicted molar refractivity (Wildman–Crippen MR) is 97.1 cm³/mol. The number of nitrogens with zero attached hydrogens (tertiary/aromatic N) is 1. The lowest BCUT2D eigenvalue weighted by molar-refractivity contribution is -0.143. The molecule has 2 N–H and O–H groups in total. The smallest absolute Gasteiger partial charge is 0.410 e. The van der Waals surface area contributed by atoms with Gasteiger partial charge in [-0.15, -0.1) is 0 Å². The Balaban J connectivity index is 1.84. The van der Waals surface area contributed by atoms with Crippen molar-refractivity contribution < 1.29 is 29.0 Å². The number of carboxylic acids is 1. The lowest BCUT2D eigenvalue weighted by atomic mass is 9.77. The second-order valence-electron chi connectivity index (χ2n) is 7.82. The molecule has 8 nitrogen and oxygen atoms in total. The van der Waals surface area contributed by atoms with Crippen molar-refractivity contribution >= 4 is 18.2 Å². The van der Waals surface area contributed by atoms with Crippen LogP contribution in [0.5, 0.6) is 0 Å². The number of carbonyl (C=O) groups excluding carboxylic acids is 2. The molecule has 8 heteroatoms.